The summed E-state index contributed by atoms with van der Waals surface area (Å²) in [5, 5.41) is 17.8. The van der Waals surface area contributed by atoms with Crippen molar-refractivity contribution in [2.24, 2.45) is 5.92 Å². The van der Waals surface area contributed by atoms with E-state index in [9.17, 15) is 24.3 Å². The molecule has 0 saturated heterocycles. The largest absolute Gasteiger partial charge is 0.480 e. The van der Waals surface area contributed by atoms with Gasteiger partial charge < -0.3 is 30.5 Å². The first-order chi connectivity index (χ1) is 20.0. The van der Waals surface area contributed by atoms with Crippen molar-refractivity contribution in [2.45, 2.75) is 82.9 Å². The first kappa shape index (κ1) is 30.9. The second kappa shape index (κ2) is 13.7. The van der Waals surface area contributed by atoms with Gasteiger partial charge >= 0.3 is 18.2 Å². The number of hydrogen-bond acceptors (Lipinski definition) is 6. The van der Waals surface area contributed by atoms with Crippen molar-refractivity contribution in [1.82, 2.24) is 16.0 Å². The van der Waals surface area contributed by atoms with Gasteiger partial charge in [-0.25, -0.2) is 14.4 Å². The fourth-order valence-electron chi connectivity index (χ4n) is 5.65. The van der Waals surface area contributed by atoms with E-state index in [1.165, 1.54) is 0 Å². The van der Waals surface area contributed by atoms with E-state index in [-0.39, 0.29) is 43.2 Å². The lowest BCUT2D eigenvalue weighted by Crippen LogP contribution is -2.43. The predicted molar refractivity (Wildman–Crippen MR) is 157 cm³/mol. The number of alkyl carbamates (subject to hydrolysis) is 2. The SMILES string of the molecule is CC(C)(C)OC(=O)NC1CCC(CNC(=O)CC[C@H](NC(=O)OCC2c3ccccc3-c3ccccc32)C(=O)O)CC1. The second-order valence-electron chi connectivity index (χ2n) is 12.1. The molecular weight excluding hydrogens is 538 g/mol. The van der Waals surface area contributed by atoms with Crippen molar-refractivity contribution < 1.29 is 33.8 Å². The molecule has 4 rings (SSSR count). The van der Waals surface area contributed by atoms with E-state index in [1.54, 1.807) is 0 Å². The molecule has 0 unspecified atom stereocenters. The minimum atomic E-state index is -1.25. The molecule has 10 nitrogen and oxygen atoms in total. The summed E-state index contributed by atoms with van der Waals surface area (Å²) in [6.07, 6.45) is 1.94. The number of carboxylic acid groups (broad SMARTS) is 1. The van der Waals surface area contributed by atoms with Gasteiger partial charge in [0.05, 0.1) is 0 Å². The highest BCUT2D eigenvalue weighted by molar-refractivity contribution is 5.82. The molecule has 2 aromatic rings. The van der Waals surface area contributed by atoms with Crippen molar-refractivity contribution in [3.8, 4) is 11.1 Å². The van der Waals surface area contributed by atoms with Crippen molar-refractivity contribution in [2.75, 3.05) is 13.2 Å². The molecule has 2 aliphatic rings. The number of aliphatic carboxylic acids is 1. The van der Waals surface area contributed by atoms with Crippen LogP contribution in [0.4, 0.5) is 9.59 Å². The molecule has 2 aromatic carbocycles. The number of carbonyl (C=O) groups is 4. The number of carbonyl (C=O) groups excluding carboxylic acids is 3. The van der Waals surface area contributed by atoms with Crippen LogP contribution in [0.25, 0.3) is 11.1 Å². The Morgan fingerprint density at radius 2 is 1.50 bits per heavy atom. The summed E-state index contributed by atoms with van der Waals surface area (Å²) < 4.78 is 10.8. The quantitative estimate of drug-likeness (QED) is 0.312. The van der Waals surface area contributed by atoms with Gasteiger partial charge in [0.15, 0.2) is 0 Å². The second-order valence-corrected chi connectivity index (χ2v) is 12.1. The van der Waals surface area contributed by atoms with E-state index in [4.69, 9.17) is 9.47 Å². The molecule has 0 aromatic heterocycles. The Balaban J connectivity index is 1.17. The van der Waals surface area contributed by atoms with E-state index < -0.39 is 29.8 Å². The molecule has 0 spiro atoms. The maximum absolute atomic E-state index is 12.5. The van der Waals surface area contributed by atoms with E-state index in [0.29, 0.717) is 6.54 Å². The number of carboxylic acids is 1. The van der Waals surface area contributed by atoms with Gasteiger partial charge in [-0.1, -0.05) is 48.5 Å². The standard InChI is InChI=1S/C32H41N3O7/c1-32(2,3)42-31(40)34-21-14-12-20(13-15-21)18-33-28(36)17-16-27(29(37)38)35-30(39)41-19-26-24-10-6-4-8-22(24)23-9-5-7-11-25(23)26/h4-11,20-21,26-27H,12-19H2,1-3H3,(H,33,36)(H,34,40)(H,35,39)(H,37,38)/t20?,21?,27-/m0/s1. The van der Waals surface area contributed by atoms with Gasteiger partial charge in [-0.15, -0.1) is 0 Å². The summed E-state index contributed by atoms with van der Waals surface area (Å²) in [7, 11) is 0. The van der Waals surface area contributed by atoms with Gasteiger partial charge in [-0.3, -0.25) is 4.79 Å². The van der Waals surface area contributed by atoms with Crippen molar-refractivity contribution in [1.29, 1.82) is 0 Å². The highest BCUT2D eigenvalue weighted by Gasteiger charge is 2.30. The molecule has 4 N–H and O–H groups in total. The number of hydrogen-bond donors (Lipinski definition) is 4. The van der Waals surface area contributed by atoms with Crippen LogP contribution in [-0.4, -0.2) is 60.0 Å². The zero-order valence-electron chi connectivity index (χ0n) is 24.5. The predicted octanol–water partition coefficient (Wildman–Crippen LogP) is 4.96. The first-order valence-corrected chi connectivity index (χ1v) is 14.6. The highest BCUT2D eigenvalue weighted by Crippen LogP contribution is 2.44. The normalized spacial score (nSPS) is 18.6. The van der Waals surface area contributed by atoms with Gasteiger partial charge in [0.2, 0.25) is 5.91 Å². The molecule has 1 atom stereocenters. The van der Waals surface area contributed by atoms with Gasteiger partial charge in [0, 0.05) is 24.9 Å². The maximum Gasteiger partial charge on any atom is 0.407 e. The number of ether oxygens (including phenoxy) is 2. The minimum Gasteiger partial charge on any atom is -0.480 e. The van der Waals surface area contributed by atoms with Crippen LogP contribution < -0.4 is 16.0 Å². The third kappa shape index (κ3) is 8.47. The molecule has 1 fully saturated rings. The van der Waals surface area contributed by atoms with Crippen LogP contribution in [0.1, 0.15) is 76.3 Å². The van der Waals surface area contributed by atoms with Crippen LogP contribution in [0, 0.1) is 5.92 Å². The summed E-state index contributed by atoms with van der Waals surface area (Å²) in [4.78, 5) is 48.8. The third-order valence-electron chi connectivity index (χ3n) is 7.75. The molecule has 0 aliphatic heterocycles. The van der Waals surface area contributed by atoms with Crippen LogP contribution in [0.5, 0.6) is 0 Å². The Hall–Kier alpha value is -4.08. The van der Waals surface area contributed by atoms with Gasteiger partial charge in [0.25, 0.3) is 0 Å². The van der Waals surface area contributed by atoms with E-state index in [1.807, 2.05) is 69.3 Å². The van der Waals surface area contributed by atoms with E-state index >= 15 is 0 Å². The average molecular weight is 580 g/mol. The molecule has 226 valence electrons. The number of fused-ring (bicyclic) bond motifs is 3. The fourth-order valence-corrected chi connectivity index (χ4v) is 5.65. The van der Waals surface area contributed by atoms with Crippen LogP contribution in [0.15, 0.2) is 48.5 Å². The molecule has 42 heavy (non-hydrogen) atoms. The number of rotatable bonds is 10. The average Bonchev–Trinajstić information content (AvgIpc) is 3.26. The van der Waals surface area contributed by atoms with Crippen molar-refractivity contribution in [3.63, 3.8) is 0 Å². The maximum atomic E-state index is 12.5. The summed E-state index contributed by atoms with van der Waals surface area (Å²) in [6, 6.07) is 14.7. The Kier molecular flexibility index (Phi) is 10.1. The molecule has 0 radical (unpaired) electrons. The molecule has 3 amide bonds. The smallest absolute Gasteiger partial charge is 0.407 e. The number of amides is 3. The number of nitrogens with one attached hydrogen (secondary N) is 3. The highest BCUT2D eigenvalue weighted by atomic mass is 16.6. The van der Waals surface area contributed by atoms with Gasteiger partial charge in [0.1, 0.15) is 18.2 Å². The lowest BCUT2D eigenvalue weighted by Gasteiger charge is -2.30. The number of benzene rings is 2. The van der Waals surface area contributed by atoms with E-state index in [0.717, 1.165) is 47.9 Å². The lowest BCUT2D eigenvalue weighted by atomic mass is 9.86. The van der Waals surface area contributed by atoms with Crippen LogP contribution in [-0.2, 0) is 19.1 Å². The Morgan fingerprint density at radius 1 is 0.905 bits per heavy atom. The molecule has 10 heteroatoms. The van der Waals surface area contributed by atoms with Crippen LogP contribution >= 0.6 is 0 Å². The molecule has 0 heterocycles. The molecular formula is C32H41N3O7. The Labute approximate surface area is 246 Å². The monoisotopic (exact) mass is 579 g/mol. The van der Waals surface area contributed by atoms with Crippen molar-refractivity contribution in [3.05, 3.63) is 59.7 Å². The van der Waals surface area contributed by atoms with Crippen LogP contribution in [0.2, 0.25) is 0 Å². The lowest BCUT2D eigenvalue weighted by molar-refractivity contribution is -0.139. The minimum absolute atomic E-state index is 0.0455. The van der Waals surface area contributed by atoms with Crippen LogP contribution in [0.3, 0.4) is 0 Å². The Morgan fingerprint density at radius 3 is 2.07 bits per heavy atom. The van der Waals surface area contributed by atoms with E-state index in [2.05, 4.69) is 16.0 Å². The van der Waals surface area contributed by atoms with Crippen molar-refractivity contribution >= 4 is 24.1 Å². The molecule has 2 aliphatic carbocycles. The summed E-state index contributed by atoms with van der Waals surface area (Å²) in [6.45, 7) is 6.02. The summed E-state index contributed by atoms with van der Waals surface area (Å²) >= 11 is 0. The zero-order valence-corrected chi connectivity index (χ0v) is 24.5. The first-order valence-electron chi connectivity index (χ1n) is 14.6. The van der Waals surface area contributed by atoms with Gasteiger partial charge in [-0.2, -0.15) is 0 Å². The van der Waals surface area contributed by atoms with Gasteiger partial charge in [-0.05, 0) is 81.0 Å². The molecule has 1 saturated carbocycles. The Bertz CT molecular complexity index is 1240. The summed E-state index contributed by atoms with van der Waals surface area (Å²) in [5.41, 5.74) is 3.77. The topological polar surface area (TPSA) is 143 Å². The third-order valence-corrected chi connectivity index (χ3v) is 7.75. The zero-order chi connectivity index (χ0) is 30.3. The summed E-state index contributed by atoms with van der Waals surface area (Å²) in [5.74, 6) is -1.36. The fraction of sp³-hybridized carbons (Fsp3) is 0.500. The molecule has 0 bridgehead atoms.